The van der Waals surface area contributed by atoms with Crippen molar-refractivity contribution in [3.05, 3.63) is 0 Å². The Kier molecular flexibility index (Phi) is 4.39. The van der Waals surface area contributed by atoms with E-state index in [1.54, 1.807) is 20.8 Å². The van der Waals surface area contributed by atoms with Crippen LogP contribution in [0.5, 0.6) is 0 Å². The summed E-state index contributed by atoms with van der Waals surface area (Å²) in [7, 11) is -1.08. The second-order valence-electron chi connectivity index (χ2n) is 4.62. The Hall–Kier alpha value is -0.106. The van der Waals surface area contributed by atoms with Gasteiger partial charge in [0.2, 0.25) is 0 Å². The molecule has 0 radical (unpaired) electrons. The zero-order valence-corrected chi connectivity index (χ0v) is 12.1. The average Bonchev–Trinajstić information content (AvgIpc) is 1.96. The Morgan fingerprint density at radius 1 is 1.50 bits per heavy atom. The van der Waals surface area contributed by atoms with Gasteiger partial charge in [0.25, 0.3) is 0 Å². The van der Waals surface area contributed by atoms with E-state index in [0.717, 1.165) is 5.01 Å². The number of carbonyl (C=O) groups is 1. The van der Waals surface area contributed by atoms with Crippen LogP contribution in [0.3, 0.4) is 0 Å². The van der Waals surface area contributed by atoms with Gasteiger partial charge in [-0.15, -0.1) is 0 Å². The molecular formula is C8H17N2O4STi. The number of carbonyl (C=O) groups excluding carboxylic acids is 1. The second-order valence-corrected chi connectivity index (χ2v) is 11.6. The van der Waals surface area contributed by atoms with E-state index in [4.69, 9.17) is 10.6 Å². The topological polar surface area (TPSA) is 89.7 Å². The number of hydrogen-bond acceptors (Lipinski definition) is 5. The van der Waals surface area contributed by atoms with Crippen LogP contribution in [-0.4, -0.2) is 27.8 Å². The van der Waals surface area contributed by atoms with Gasteiger partial charge in [0, 0.05) is 0 Å². The number of nitrogens with zero attached hydrogens (tertiary/aromatic N) is 1. The van der Waals surface area contributed by atoms with E-state index in [9.17, 15) is 11.4 Å². The Balaban J connectivity index is 2.58. The van der Waals surface area contributed by atoms with E-state index in [0.29, 0.717) is 12.2 Å². The summed E-state index contributed by atoms with van der Waals surface area (Å²) in [6.45, 7) is 5.22. The molecule has 2 atom stereocenters. The molecule has 1 saturated heterocycles. The van der Waals surface area contributed by atoms with E-state index < -0.39 is 36.7 Å². The average molecular weight is 285 g/mol. The molecule has 0 saturated carbocycles. The summed E-state index contributed by atoms with van der Waals surface area (Å²) >= 11 is -3.41. The molecule has 93 valence electrons. The molecule has 2 N–H and O–H groups in total. The quantitative estimate of drug-likeness (QED) is 0.260. The summed E-state index contributed by atoms with van der Waals surface area (Å²) < 4.78 is 26.9. The SMILES string of the molecule is CC(C)(C)OC(=O)N(N)C1CC[SH]1[Ti](=[O])=[O]. The van der Waals surface area contributed by atoms with Crippen molar-refractivity contribution in [1.82, 2.24) is 5.01 Å². The van der Waals surface area contributed by atoms with Crippen LogP contribution in [0.2, 0.25) is 0 Å². The first-order valence-corrected chi connectivity index (χ1v) is 9.93. The monoisotopic (exact) mass is 285 g/mol. The maximum absolute atomic E-state index is 11.6. The van der Waals surface area contributed by atoms with Crippen LogP contribution >= 0.6 is 8.48 Å². The first-order chi connectivity index (χ1) is 7.22. The van der Waals surface area contributed by atoms with Crippen molar-refractivity contribution in [2.75, 3.05) is 5.75 Å². The van der Waals surface area contributed by atoms with Gasteiger partial charge in [-0.2, -0.15) is 0 Å². The summed E-state index contributed by atoms with van der Waals surface area (Å²) in [5.41, 5.74) is -0.616. The molecule has 6 nitrogen and oxygen atoms in total. The van der Waals surface area contributed by atoms with E-state index in [-0.39, 0.29) is 5.37 Å². The van der Waals surface area contributed by atoms with Crippen molar-refractivity contribution in [3.8, 4) is 0 Å². The van der Waals surface area contributed by atoms with Crippen molar-refractivity contribution in [1.29, 1.82) is 0 Å². The fraction of sp³-hybridized carbons (Fsp3) is 0.875. The van der Waals surface area contributed by atoms with Gasteiger partial charge in [-0.1, -0.05) is 0 Å². The van der Waals surface area contributed by atoms with Gasteiger partial charge in [-0.3, -0.25) is 0 Å². The van der Waals surface area contributed by atoms with Gasteiger partial charge in [0.05, 0.1) is 0 Å². The third-order valence-corrected chi connectivity index (χ3v) is 9.22. The number of ether oxygens (including phenoxy) is 1. The third kappa shape index (κ3) is 3.45. The minimum atomic E-state index is -3.41. The number of thiol groups is 1. The van der Waals surface area contributed by atoms with Crippen LogP contribution in [0.4, 0.5) is 4.79 Å². The molecular weight excluding hydrogens is 268 g/mol. The van der Waals surface area contributed by atoms with Gasteiger partial charge in [0.15, 0.2) is 0 Å². The molecule has 0 spiro atoms. The van der Waals surface area contributed by atoms with Crippen molar-refractivity contribution in [3.63, 3.8) is 0 Å². The second kappa shape index (κ2) is 5.04. The molecule has 16 heavy (non-hydrogen) atoms. The standard InChI is InChI=1S/C8H16N2O2S.2O.Ti/c1-8(2,3)12-7(11)10(9)6-4-5-13-6;;;/h6H,4-5,9H2,1-3H3;;;/q;;;-1/p+1. The summed E-state index contributed by atoms with van der Waals surface area (Å²) in [4.78, 5) is 11.6. The van der Waals surface area contributed by atoms with E-state index in [1.165, 1.54) is 0 Å². The molecule has 1 aliphatic rings. The summed E-state index contributed by atoms with van der Waals surface area (Å²) in [5.74, 6) is 6.25. The normalized spacial score (nSPS) is 26.8. The van der Waals surface area contributed by atoms with Crippen molar-refractivity contribution in [2.24, 2.45) is 5.84 Å². The first-order valence-electron chi connectivity index (χ1n) is 4.97. The molecule has 0 aromatic rings. The predicted octanol–water partition coefficient (Wildman–Crippen LogP) is 1.05. The molecule has 1 fully saturated rings. The molecule has 0 aliphatic carbocycles. The summed E-state index contributed by atoms with van der Waals surface area (Å²) in [6.07, 6.45) is 0.00625. The van der Waals surface area contributed by atoms with E-state index >= 15 is 0 Å². The van der Waals surface area contributed by atoms with Gasteiger partial charge in [-0.05, 0) is 0 Å². The van der Waals surface area contributed by atoms with Gasteiger partial charge in [0.1, 0.15) is 0 Å². The number of nitrogens with two attached hydrogens (primary N) is 1. The molecule has 1 rings (SSSR count). The minimum absolute atomic E-state index is 0.338. The van der Waals surface area contributed by atoms with E-state index in [2.05, 4.69) is 0 Å². The fourth-order valence-electron chi connectivity index (χ4n) is 1.31. The summed E-state index contributed by atoms with van der Waals surface area (Å²) in [5, 5.41) is 0.610. The van der Waals surface area contributed by atoms with Crippen LogP contribution in [0.1, 0.15) is 27.2 Å². The Bertz CT molecular complexity index is 344. The van der Waals surface area contributed by atoms with E-state index in [1.807, 2.05) is 0 Å². The zero-order valence-electron chi connectivity index (χ0n) is 9.60. The Morgan fingerprint density at radius 2 is 2.06 bits per heavy atom. The first kappa shape index (κ1) is 14.0. The van der Waals surface area contributed by atoms with Crippen LogP contribution in [0, 0.1) is 0 Å². The molecule has 0 aromatic heterocycles. The number of amides is 1. The number of rotatable bonds is 2. The molecule has 1 amide bonds. The van der Waals surface area contributed by atoms with Crippen LogP contribution < -0.4 is 5.84 Å². The van der Waals surface area contributed by atoms with Gasteiger partial charge in [-0.25, -0.2) is 0 Å². The van der Waals surface area contributed by atoms with Gasteiger partial charge < -0.3 is 0 Å². The number of hydrazine groups is 1. The molecule has 1 heterocycles. The molecule has 0 bridgehead atoms. The number of hydrogen-bond donors (Lipinski definition) is 2. The molecule has 0 aromatic carbocycles. The molecule has 2 unspecified atom stereocenters. The van der Waals surface area contributed by atoms with Crippen LogP contribution in [0.25, 0.3) is 0 Å². The van der Waals surface area contributed by atoms with Crippen LogP contribution in [-0.2, 0) is 27.9 Å². The summed E-state index contributed by atoms with van der Waals surface area (Å²) in [6, 6.07) is 0. The van der Waals surface area contributed by atoms with Crippen molar-refractivity contribution in [2.45, 2.75) is 38.2 Å². The van der Waals surface area contributed by atoms with Gasteiger partial charge >= 0.3 is 102 Å². The van der Waals surface area contributed by atoms with Crippen molar-refractivity contribution < 1.29 is 32.7 Å². The zero-order chi connectivity index (χ0) is 12.5. The fourth-order valence-corrected chi connectivity index (χ4v) is 6.67. The van der Waals surface area contributed by atoms with Crippen molar-refractivity contribution >= 4 is 14.6 Å². The maximum atomic E-state index is 11.6. The molecule has 8 heteroatoms. The molecule has 1 aliphatic heterocycles. The Morgan fingerprint density at radius 3 is 2.38 bits per heavy atom. The Labute approximate surface area is 102 Å². The van der Waals surface area contributed by atoms with Crippen LogP contribution in [0.15, 0.2) is 0 Å². The third-order valence-electron chi connectivity index (χ3n) is 2.15. The predicted molar refractivity (Wildman–Crippen MR) is 55.9 cm³/mol.